The first kappa shape index (κ1) is 14.1. The van der Waals surface area contributed by atoms with E-state index in [4.69, 9.17) is 4.52 Å². The van der Waals surface area contributed by atoms with E-state index in [2.05, 4.69) is 15.5 Å². The van der Waals surface area contributed by atoms with Gasteiger partial charge in [0.2, 0.25) is 11.7 Å². The highest BCUT2D eigenvalue weighted by Gasteiger charge is 2.17. The van der Waals surface area contributed by atoms with Crippen molar-refractivity contribution in [3.05, 3.63) is 29.2 Å². The third-order valence-electron chi connectivity index (χ3n) is 4.15. The molecule has 0 spiro atoms. The standard InChI is InChI=1S/C16H21N3O2/c1-10-7-13(8-11(2)15(10)20)16-18-14(21-19-16)4-3-12-5-6-17-9-12/h7-8,12,17,20H,3-6,9H2,1-2H3. The number of aromatic hydroxyl groups is 1. The Morgan fingerprint density at radius 1 is 1.33 bits per heavy atom. The first-order valence-electron chi connectivity index (χ1n) is 7.47. The fourth-order valence-corrected chi connectivity index (χ4v) is 2.85. The zero-order valence-electron chi connectivity index (χ0n) is 12.5. The number of nitrogens with one attached hydrogen (secondary N) is 1. The summed E-state index contributed by atoms with van der Waals surface area (Å²) in [5.41, 5.74) is 2.54. The second-order valence-electron chi connectivity index (χ2n) is 5.87. The number of hydrogen-bond acceptors (Lipinski definition) is 5. The van der Waals surface area contributed by atoms with Crippen LogP contribution in [0.3, 0.4) is 0 Å². The molecule has 2 N–H and O–H groups in total. The van der Waals surface area contributed by atoms with Crippen molar-refractivity contribution in [2.24, 2.45) is 5.92 Å². The summed E-state index contributed by atoms with van der Waals surface area (Å²) in [6.07, 6.45) is 3.15. The van der Waals surface area contributed by atoms with Gasteiger partial charge in [-0.1, -0.05) is 5.16 Å². The molecule has 0 amide bonds. The summed E-state index contributed by atoms with van der Waals surface area (Å²) in [7, 11) is 0. The lowest BCUT2D eigenvalue weighted by molar-refractivity contribution is 0.365. The van der Waals surface area contributed by atoms with Crippen molar-refractivity contribution < 1.29 is 9.63 Å². The molecule has 0 bridgehead atoms. The molecule has 112 valence electrons. The average molecular weight is 287 g/mol. The molecule has 21 heavy (non-hydrogen) atoms. The zero-order chi connectivity index (χ0) is 14.8. The number of phenolic OH excluding ortho intramolecular Hbond substituents is 1. The van der Waals surface area contributed by atoms with E-state index in [0.29, 0.717) is 17.5 Å². The van der Waals surface area contributed by atoms with Crippen LogP contribution in [0.5, 0.6) is 5.75 Å². The molecule has 0 aliphatic carbocycles. The van der Waals surface area contributed by atoms with Crippen molar-refractivity contribution >= 4 is 0 Å². The van der Waals surface area contributed by atoms with Gasteiger partial charge in [-0.05, 0) is 69.0 Å². The number of phenols is 1. The van der Waals surface area contributed by atoms with Gasteiger partial charge in [-0.2, -0.15) is 4.98 Å². The molecule has 5 nitrogen and oxygen atoms in total. The summed E-state index contributed by atoms with van der Waals surface area (Å²) in [6, 6.07) is 3.77. The molecule has 1 saturated heterocycles. The second kappa shape index (κ2) is 5.85. The fraction of sp³-hybridized carbons (Fsp3) is 0.500. The van der Waals surface area contributed by atoms with Gasteiger partial charge in [-0.25, -0.2) is 0 Å². The summed E-state index contributed by atoms with van der Waals surface area (Å²) >= 11 is 0. The SMILES string of the molecule is Cc1cc(-c2noc(CCC3CCNC3)n2)cc(C)c1O. The second-order valence-corrected chi connectivity index (χ2v) is 5.87. The van der Waals surface area contributed by atoms with Crippen molar-refractivity contribution in [1.82, 2.24) is 15.5 Å². The summed E-state index contributed by atoms with van der Waals surface area (Å²) in [5.74, 6) is 2.34. The Morgan fingerprint density at radius 3 is 2.76 bits per heavy atom. The molecular weight excluding hydrogens is 266 g/mol. The van der Waals surface area contributed by atoms with Gasteiger partial charge in [0.1, 0.15) is 5.75 Å². The van der Waals surface area contributed by atoms with Gasteiger partial charge in [0.25, 0.3) is 0 Å². The topological polar surface area (TPSA) is 71.2 Å². The van der Waals surface area contributed by atoms with Crippen LogP contribution in [-0.2, 0) is 6.42 Å². The van der Waals surface area contributed by atoms with Crippen LogP contribution in [0.15, 0.2) is 16.7 Å². The Kier molecular flexibility index (Phi) is 3.92. The molecule has 1 fully saturated rings. The number of benzene rings is 1. The maximum atomic E-state index is 9.82. The van der Waals surface area contributed by atoms with E-state index in [1.54, 1.807) is 0 Å². The highest BCUT2D eigenvalue weighted by molar-refractivity contribution is 5.60. The molecule has 1 atom stereocenters. The van der Waals surface area contributed by atoms with Gasteiger partial charge >= 0.3 is 0 Å². The van der Waals surface area contributed by atoms with E-state index in [-0.39, 0.29) is 0 Å². The maximum Gasteiger partial charge on any atom is 0.226 e. The van der Waals surface area contributed by atoms with Gasteiger partial charge in [0, 0.05) is 12.0 Å². The van der Waals surface area contributed by atoms with E-state index >= 15 is 0 Å². The molecule has 3 rings (SSSR count). The fourth-order valence-electron chi connectivity index (χ4n) is 2.85. The van der Waals surface area contributed by atoms with Crippen molar-refractivity contribution in [3.63, 3.8) is 0 Å². The predicted octanol–water partition coefficient (Wildman–Crippen LogP) is 2.60. The number of aromatic nitrogens is 2. The Labute approximate surface area is 124 Å². The lowest BCUT2D eigenvalue weighted by Gasteiger charge is -2.05. The zero-order valence-corrected chi connectivity index (χ0v) is 12.5. The minimum Gasteiger partial charge on any atom is -0.507 e. The molecule has 1 aromatic carbocycles. The number of rotatable bonds is 4. The molecule has 2 heterocycles. The van der Waals surface area contributed by atoms with Crippen LogP contribution in [0.2, 0.25) is 0 Å². The summed E-state index contributed by atoms with van der Waals surface area (Å²) in [6.45, 7) is 5.96. The van der Waals surface area contributed by atoms with Crippen molar-refractivity contribution in [2.45, 2.75) is 33.1 Å². The predicted molar refractivity (Wildman–Crippen MR) is 80.2 cm³/mol. The Hall–Kier alpha value is -1.88. The largest absolute Gasteiger partial charge is 0.507 e. The highest BCUT2D eigenvalue weighted by Crippen LogP contribution is 2.27. The van der Waals surface area contributed by atoms with Crippen molar-refractivity contribution in [1.29, 1.82) is 0 Å². The smallest absolute Gasteiger partial charge is 0.226 e. The number of aryl methyl sites for hydroxylation is 3. The van der Waals surface area contributed by atoms with Crippen LogP contribution >= 0.6 is 0 Å². The van der Waals surface area contributed by atoms with E-state index in [1.165, 1.54) is 6.42 Å². The monoisotopic (exact) mass is 287 g/mol. The molecule has 1 aliphatic rings. The Balaban J connectivity index is 1.72. The molecular formula is C16H21N3O2. The third-order valence-corrected chi connectivity index (χ3v) is 4.15. The Morgan fingerprint density at radius 2 is 2.10 bits per heavy atom. The minimum absolute atomic E-state index is 0.330. The average Bonchev–Trinajstić information content (AvgIpc) is 3.13. The summed E-state index contributed by atoms with van der Waals surface area (Å²) in [5, 5.41) is 17.2. The normalized spacial score (nSPS) is 18.3. The molecule has 1 aliphatic heterocycles. The van der Waals surface area contributed by atoms with Crippen LogP contribution in [0.25, 0.3) is 11.4 Å². The van der Waals surface area contributed by atoms with E-state index < -0.39 is 0 Å². The molecule has 1 unspecified atom stereocenters. The molecule has 0 saturated carbocycles. The van der Waals surface area contributed by atoms with E-state index in [1.807, 2.05) is 26.0 Å². The maximum absolute atomic E-state index is 9.82. The number of hydrogen-bond donors (Lipinski definition) is 2. The summed E-state index contributed by atoms with van der Waals surface area (Å²) in [4.78, 5) is 4.47. The lowest BCUT2D eigenvalue weighted by Crippen LogP contribution is -2.09. The van der Waals surface area contributed by atoms with E-state index in [9.17, 15) is 5.11 Å². The first-order chi connectivity index (χ1) is 10.1. The van der Waals surface area contributed by atoms with Gasteiger partial charge in [-0.15, -0.1) is 0 Å². The van der Waals surface area contributed by atoms with E-state index in [0.717, 1.165) is 48.5 Å². The number of nitrogens with zero attached hydrogens (tertiary/aromatic N) is 2. The lowest BCUT2D eigenvalue weighted by atomic mass is 10.0. The Bertz CT molecular complexity index is 607. The van der Waals surface area contributed by atoms with Crippen molar-refractivity contribution in [2.75, 3.05) is 13.1 Å². The van der Waals surface area contributed by atoms with Crippen LogP contribution in [0, 0.1) is 19.8 Å². The van der Waals surface area contributed by atoms with Crippen LogP contribution < -0.4 is 5.32 Å². The van der Waals surface area contributed by atoms with Crippen LogP contribution in [-0.4, -0.2) is 28.3 Å². The third kappa shape index (κ3) is 3.08. The molecule has 5 heteroatoms. The minimum atomic E-state index is 0.330. The van der Waals surface area contributed by atoms with Gasteiger partial charge in [-0.3, -0.25) is 0 Å². The first-order valence-corrected chi connectivity index (χ1v) is 7.47. The molecule has 2 aromatic rings. The molecule has 1 aromatic heterocycles. The van der Waals surface area contributed by atoms with Gasteiger partial charge < -0.3 is 14.9 Å². The van der Waals surface area contributed by atoms with Crippen LogP contribution in [0.4, 0.5) is 0 Å². The van der Waals surface area contributed by atoms with Crippen molar-refractivity contribution in [3.8, 4) is 17.1 Å². The van der Waals surface area contributed by atoms with Gasteiger partial charge in [0.15, 0.2) is 0 Å². The van der Waals surface area contributed by atoms with Gasteiger partial charge in [0.05, 0.1) is 0 Å². The molecule has 0 radical (unpaired) electrons. The highest BCUT2D eigenvalue weighted by atomic mass is 16.5. The quantitative estimate of drug-likeness (QED) is 0.904. The van der Waals surface area contributed by atoms with Crippen LogP contribution in [0.1, 0.15) is 29.9 Å². The summed E-state index contributed by atoms with van der Waals surface area (Å²) < 4.78 is 5.34.